The molecule has 2 heterocycles. The molecule has 198 valence electrons. The van der Waals surface area contributed by atoms with Gasteiger partial charge in [0.05, 0.1) is 6.04 Å². The molecule has 1 N–H and O–H groups in total. The van der Waals surface area contributed by atoms with E-state index < -0.39 is 6.04 Å². The molecule has 2 aromatic carbocycles. The molecular formula is C32H43N3O2. The minimum absolute atomic E-state index is 0.0170. The SMILES string of the molecule is CCCCCCC(C)NC(=O)C(C(C)CC)N1C(=O)c2ccccc2C1c1c(C)n(C)c2ccccc12. The summed E-state index contributed by atoms with van der Waals surface area (Å²) in [4.78, 5) is 29.9. The number of carbonyl (C=O) groups excluding carboxylic acids is 2. The Hall–Kier alpha value is -3.08. The molecule has 4 atom stereocenters. The molecular weight excluding hydrogens is 458 g/mol. The van der Waals surface area contributed by atoms with Gasteiger partial charge in [-0.25, -0.2) is 0 Å². The Kier molecular flexibility index (Phi) is 8.41. The molecule has 5 heteroatoms. The summed E-state index contributed by atoms with van der Waals surface area (Å²) in [6.45, 7) is 10.6. The molecule has 5 nitrogen and oxygen atoms in total. The first-order valence-electron chi connectivity index (χ1n) is 14.1. The standard InChI is InChI=1S/C32H43N3O2/c1-7-9-10-11-16-22(4)33-31(36)29(21(3)8-2)35-30(24-17-12-13-18-25(24)32(35)37)28-23(5)34(6)27-20-15-14-19-26(27)28/h12-15,17-22,29-30H,7-11,16H2,1-6H3,(H,33,36). The number of unbranched alkanes of at least 4 members (excludes halogenated alkanes) is 3. The van der Waals surface area contributed by atoms with E-state index in [4.69, 9.17) is 0 Å². The molecule has 1 aliphatic heterocycles. The lowest BCUT2D eigenvalue weighted by molar-refractivity contribution is -0.128. The molecule has 0 saturated heterocycles. The fourth-order valence-electron chi connectivity index (χ4n) is 5.97. The highest BCUT2D eigenvalue weighted by Gasteiger charge is 2.47. The van der Waals surface area contributed by atoms with Gasteiger partial charge in [0.2, 0.25) is 5.91 Å². The third kappa shape index (κ3) is 5.05. The number of benzene rings is 2. The monoisotopic (exact) mass is 501 g/mol. The van der Waals surface area contributed by atoms with Gasteiger partial charge >= 0.3 is 0 Å². The molecule has 1 aliphatic rings. The maximum Gasteiger partial charge on any atom is 0.255 e. The van der Waals surface area contributed by atoms with Gasteiger partial charge in [0.25, 0.3) is 5.91 Å². The van der Waals surface area contributed by atoms with Gasteiger partial charge in [-0.1, -0.05) is 89.3 Å². The average molecular weight is 502 g/mol. The smallest absolute Gasteiger partial charge is 0.255 e. The van der Waals surface area contributed by atoms with E-state index in [1.54, 1.807) is 0 Å². The second-order valence-electron chi connectivity index (χ2n) is 10.9. The quantitative estimate of drug-likeness (QED) is 0.290. The lowest BCUT2D eigenvalue weighted by atomic mass is 9.91. The zero-order chi connectivity index (χ0) is 26.7. The van der Waals surface area contributed by atoms with E-state index >= 15 is 0 Å². The molecule has 0 saturated carbocycles. The molecule has 3 aromatic rings. The summed E-state index contributed by atoms with van der Waals surface area (Å²) in [5, 5.41) is 4.42. The van der Waals surface area contributed by atoms with Crippen molar-refractivity contribution in [2.75, 3.05) is 0 Å². The van der Waals surface area contributed by atoms with Gasteiger partial charge in [0, 0.05) is 40.8 Å². The zero-order valence-electron chi connectivity index (χ0n) is 23.4. The molecule has 2 amide bonds. The van der Waals surface area contributed by atoms with Crippen LogP contribution in [0, 0.1) is 12.8 Å². The van der Waals surface area contributed by atoms with Crippen molar-refractivity contribution in [3.63, 3.8) is 0 Å². The minimum Gasteiger partial charge on any atom is -0.352 e. The van der Waals surface area contributed by atoms with E-state index in [9.17, 15) is 9.59 Å². The largest absolute Gasteiger partial charge is 0.352 e. The van der Waals surface area contributed by atoms with Crippen molar-refractivity contribution < 1.29 is 9.59 Å². The van der Waals surface area contributed by atoms with E-state index in [0.29, 0.717) is 5.56 Å². The van der Waals surface area contributed by atoms with Crippen LogP contribution in [0.3, 0.4) is 0 Å². The Labute approximate surface area is 222 Å². The van der Waals surface area contributed by atoms with E-state index in [1.165, 1.54) is 19.3 Å². The summed E-state index contributed by atoms with van der Waals surface area (Å²) in [7, 11) is 2.08. The normalized spacial score (nSPS) is 17.6. The van der Waals surface area contributed by atoms with Crippen LogP contribution in [-0.2, 0) is 11.8 Å². The van der Waals surface area contributed by atoms with Crippen LogP contribution in [-0.4, -0.2) is 33.4 Å². The number of nitrogens with zero attached hydrogens (tertiary/aromatic N) is 2. The first-order chi connectivity index (χ1) is 17.8. The summed E-state index contributed by atoms with van der Waals surface area (Å²) in [5.74, 6) is -0.0753. The number of hydrogen-bond donors (Lipinski definition) is 1. The van der Waals surface area contributed by atoms with Crippen LogP contribution >= 0.6 is 0 Å². The van der Waals surface area contributed by atoms with Crippen molar-refractivity contribution >= 4 is 22.7 Å². The number of aryl methyl sites for hydroxylation is 1. The van der Waals surface area contributed by atoms with Crippen molar-refractivity contribution in [2.45, 2.75) is 91.3 Å². The molecule has 37 heavy (non-hydrogen) atoms. The highest BCUT2D eigenvalue weighted by molar-refractivity contribution is 6.03. The molecule has 4 rings (SSSR count). The van der Waals surface area contributed by atoms with Crippen LogP contribution in [0.15, 0.2) is 48.5 Å². The average Bonchev–Trinajstić information content (AvgIpc) is 3.32. The minimum atomic E-state index is -0.550. The van der Waals surface area contributed by atoms with Crippen LogP contribution in [0.5, 0.6) is 0 Å². The Morgan fingerprint density at radius 3 is 2.43 bits per heavy atom. The third-order valence-corrected chi connectivity index (χ3v) is 8.35. The van der Waals surface area contributed by atoms with Crippen molar-refractivity contribution in [2.24, 2.45) is 13.0 Å². The number of rotatable bonds is 11. The fraction of sp³-hybridized carbons (Fsp3) is 0.500. The summed E-state index contributed by atoms with van der Waals surface area (Å²) in [5.41, 5.74) is 5.06. The molecule has 0 radical (unpaired) electrons. The van der Waals surface area contributed by atoms with E-state index in [-0.39, 0.29) is 29.8 Å². The van der Waals surface area contributed by atoms with E-state index in [2.05, 4.69) is 75.8 Å². The van der Waals surface area contributed by atoms with Gasteiger partial charge in [0.15, 0.2) is 0 Å². The second-order valence-corrected chi connectivity index (χ2v) is 10.9. The van der Waals surface area contributed by atoms with Crippen molar-refractivity contribution in [3.05, 3.63) is 70.9 Å². The highest BCUT2D eigenvalue weighted by Crippen LogP contribution is 2.45. The molecule has 0 bridgehead atoms. The van der Waals surface area contributed by atoms with Gasteiger partial charge < -0.3 is 14.8 Å². The van der Waals surface area contributed by atoms with Gasteiger partial charge in [0.1, 0.15) is 6.04 Å². The number of carbonyl (C=O) groups is 2. The van der Waals surface area contributed by atoms with Crippen LogP contribution in [0.4, 0.5) is 0 Å². The predicted molar refractivity (Wildman–Crippen MR) is 152 cm³/mol. The number of nitrogens with one attached hydrogen (secondary N) is 1. The summed E-state index contributed by atoms with van der Waals surface area (Å²) < 4.78 is 2.20. The van der Waals surface area contributed by atoms with Gasteiger partial charge in [-0.05, 0) is 43.9 Å². The Morgan fingerprint density at radius 1 is 1.00 bits per heavy atom. The number of aromatic nitrogens is 1. The number of hydrogen-bond acceptors (Lipinski definition) is 2. The Balaban J connectivity index is 1.77. The topological polar surface area (TPSA) is 54.3 Å². The maximum absolute atomic E-state index is 14.1. The Morgan fingerprint density at radius 2 is 1.70 bits per heavy atom. The van der Waals surface area contributed by atoms with Crippen molar-refractivity contribution in [1.82, 2.24) is 14.8 Å². The van der Waals surface area contributed by atoms with Crippen LogP contribution in [0.2, 0.25) is 0 Å². The number of fused-ring (bicyclic) bond motifs is 2. The molecule has 4 unspecified atom stereocenters. The predicted octanol–water partition coefficient (Wildman–Crippen LogP) is 6.92. The maximum atomic E-state index is 14.1. The van der Waals surface area contributed by atoms with Crippen LogP contribution in [0.25, 0.3) is 10.9 Å². The molecule has 0 aliphatic carbocycles. The first kappa shape index (κ1) is 27.0. The van der Waals surface area contributed by atoms with Gasteiger partial charge in [-0.15, -0.1) is 0 Å². The second kappa shape index (κ2) is 11.5. The fourth-order valence-corrected chi connectivity index (χ4v) is 5.97. The lowest BCUT2D eigenvalue weighted by Gasteiger charge is -2.37. The van der Waals surface area contributed by atoms with Gasteiger partial charge in [-0.2, -0.15) is 0 Å². The Bertz CT molecular complexity index is 1260. The molecule has 1 aromatic heterocycles. The van der Waals surface area contributed by atoms with E-state index in [0.717, 1.165) is 47.0 Å². The van der Waals surface area contributed by atoms with Crippen molar-refractivity contribution in [3.8, 4) is 0 Å². The zero-order valence-corrected chi connectivity index (χ0v) is 23.4. The van der Waals surface area contributed by atoms with Crippen LogP contribution in [0.1, 0.15) is 99.4 Å². The first-order valence-corrected chi connectivity index (χ1v) is 14.1. The summed E-state index contributed by atoms with van der Waals surface area (Å²) in [6.07, 6.45) is 6.48. The summed E-state index contributed by atoms with van der Waals surface area (Å²) in [6, 6.07) is 15.5. The highest BCUT2D eigenvalue weighted by atomic mass is 16.2. The molecule has 0 fully saturated rings. The number of amides is 2. The van der Waals surface area contributed by atoms with Crippen LogP contribution < -0.4 is 5.32 Å². The molecule has 0 spiro atoms. The van der Waals surface area contributed by atoms with Crippen molar-refractivity contribution in [1.29, 1.82) is 0 Å². The third-order valence-electron chi connectivity index (χ3n) is 8.35. The lowest BCUT2D eigenvalue weighted by Crippen LogP contribution is -2.53. The van der Waals surface area contributed by atoms with E-state index in [1.807, 2.05) is 29.2 Å². The number of para-hydroxylation sites is 1. The van der Waals surface area contributed by atoms with Gasteiger partial charge in [-0.3, -0.25) is 9.59 Å². The summed E-state index contributed by atoms with van der Waals surface area (Å²) >= 11 is 0.